The van der Waals surface area contributed by atoms with E-state index in [1.807, 2.05) is 0 Å². The van der Waals surface area contributed by atoms with E-state index in [9.17, 15) is 4.79 Å². The van der Waals surface area contributed by atoms with Crippen LogP contribution in [0.3, 0.4) is 0 Å². The maximum Gasteiger partial charge on any atom is 0.251 e. The first kappa shape index (κ1) is 15.7. The molecule has 1 N–H and O–H groups in total. The summed E-state index contributed by atoms with van der Waals surface area (Å²) in [7, 11) is 3.06. The molecule has 1 aliphatic carbocycles. The van der Waals surface area contributed by atoms with E-state index >= 15 is 0 Å². The van der Waals surface area contributed by atoms with Gasteiger partial charge >= 0.3 is 0 Å². The highest BCUT2D eigenvalue weighted by molar-refractivity contribution is 5.94. The third kappa shape index (κ3) is 4.68. The number of nitrogens with zero attached hydrogens (tertiary/aromatic N) is 1. The predicted octanol–water partition coefficient (Wildman–Crippen LogP) is 1.75. The van der Waals surface area contributed by atoms with Gasteiger partial charge in [-0.25, -0.2) is 4.98 Å². The zero-order chi connectivity index (χ0) is 15.1. The lowest BCUT2D eigenvalue weighted by molar-refractivity contribution is -0.0974. The number of pyridine rings is 1. The summed E-state index contributed by atoms with van der Waals surface area (Å²) in [5, 5.41) is 2.75. The number of methoxy groups -OCH3 is 2. The third-order valence-corrected chi connectivity index (χ3v) is 3.54. The molecule has 0 saturated heterocycles. The van der Waals surface area contributed by atoms with Crippen molar-refractivity contribution < 1.29 is 19.0 Å². The van der Waals surface area contributed by atoms with Crippen molar-refractivity contribution in [1.29, 1.82) is 0 Å². The SMILES string of the molecule is COC(CNC(=O)c1ccnc(OC2CCCC2)c1)OC. The van der Waals surface area contributed by atoms with Crippen LogP contribution in [0.4, 0.5) is 0 Å². The van der Waals surface area contributed by atoms with E-state index in [1.165, 1.54) is 27.1 Å². The van der Waals surface area contributed by atoms with Crippen molar-refractivity contribution in [3.63, 3.8) is 0 Å². The van der Waals surface area contributed by atoms with E-state index in [0.29, 0.717) is 11.4 Å². The topological polar surface area (TPSA) is 69.7 Å². The van der Waals surface area contributed by atoms with Gasteiger partial charge in [-0.15, -0.1) is 0 Å². The predicted molar refractivity (Wildman–Crippen MR) is 77.3 cm³/mol. The molecule has 0 radical (unpaired) electrons. The molecular weight excluding hydrogens is 272 g/mol. The van der Waals surface area contributed by atoms with Gasteiger partial charge in [0, 0.05) is 32.0 Å². The molecule has 1 amide bonds. The molecule has 0 bridgehead atoms. The standard InChI is InChI=1S/C15H22N2O4/c1-19-14(20-2)10-17-15(18)11-7-8-16-13(9-11)21-12-5-3-4-6-12/h7-9,12,14H,3-6,10H2,1-2H3,(H,17,18). The Morgan fingerprint density at radius 2 is 2.10 bits per heavy atom. The molecule has 0 unspecified atom stereocenters. The minimum Gasteiger partial charge on any atom is -0.474 e. The fourth-order valence-electron chi connectivity index (χ4n) is 2.33. The Kier molecular flexibility index (Phi) is 5.95. The van der Waals surface area contributed by atoms with Crippen molar-refractivity contribution in [2.45, 2.75) is 38.1 Å². The van der Waals surface area contributed by atoms with Crippen LogP contribution in [0.15, 0.2) is 18.3 Å². The van der Waals surface area contributed by atoms with E-state index in [-0.39, 0.29) is 18.6 Å². The Labute approximate surface area is 124 Å². The number of ether oxygens (including phenoxy) is 3. The number of hydrogen-bond acceptors (Lipinski definition) is 5. The molecule has 1 aromatic rings. The summed E-state index contributed by atoms with van der Waals surface area (Å²) in [4.78, 5) is 16.2. The minimum atomic E-state index is -0.454. The highest BCUT2D eigenvalue weighted by Gasteiger charge is 2.18. The van der Waals surface area contributed by atoms with Gasteiger partial charge in [-0.05, 0) is 31.7 Å². The van der Waals surface area contributed by atoms with Gasteiger partial charge in [-0.3, -0.25) is 4.79 Å². The van der Waals surface area contributed by atoms with Crippen molar-refractivity contribution in [2.24, 2.45) is 0 Å². The normalized spacial score (nSPS) is 15.4. The van der Waals surface area contributed by atoms with Crippen LogP contribution in [0.1, 0.15) is 36.0 Å². The fraction of sp³-hybridized carbons (Fsp3) is 0.600. The number of carbonyl (C=O) groups is 1. The zero-order valence-corrected chi connectivity index (χ0v) is 12.5. The monoisotopic (exact) mass is 294 g/mol. The second-order valence-electron chi connectivity index (χ2n) is 5.02. The number of rotatable bonds is 7. The Hall–Kier alpha value is -1.66. The van der Waals surface area contributed by atoms with Crippen molar-refractivity contribution >= 4 is 5.91 Å². The maximum absolute atomic E-state index is 12.1. The first-order valence-electron chi connectivity index (χ1n) is 7.19. The largest absolute Gasteiger partial charge is 0.474 e. The Bertz CT molecular complexity index is 457. The molecule has 0 aliphatic heterocycles. The van der Waals surface area contributed by atoms with E-state index < -0.39 is 6.29 Å². The highest BCUT2D eigenvalue weighted by Crippen LogP contribution is 2.23. The van der Waals surface area contributed by atoms with Gasteiger partial charge in [0.25, 0.3) is 5.91 Å². The summed E-state index contributed by atoms with van der Waals surface area (Å²) in [6.07, 6.45) is 5.86. The summed E-state index contributed by atoms with van der Waals surface area (Å²) in [6.45, 7) is 0.285. The summed E-state index contributed by atoms with van der Waals surface area (Å²) in [6, 6.07) is 3.33. The van der Waals surface area contributed by atoms with Crippen LogP contribution >= 0.6 is 0 Å². The smallest absolute Gasteiger partial charge is 0.251 e. The van der Waals surface area contributed by atoms with Crippen LogP contribution in [0.5, 0.6) is 5.88 Å². The average Bonchev–Trinajstić information content (AvgIpc) is 3.01. The lowest BCUT2D eigenvalue weighted by atomic mass is 10.2. The van der Waals surface area contributed by atoms with Crippen LogP contribution in [0, 0.1) is 0 Å². The number of carbonyl (C=O) groups excluding carboxylic acids is 1. The van der Waals surface area contributed by atoms with Gasteiger partial charge in [-0.2, -0.15) is 0 Å². The number of hydrogen-bond donors (Lipinski definition) is 1. The first-order valence-corrected chi connectivity index (χ1v) is 7.19. The van der Waals surface area contributed by atoms with Crippen LogP contribution in [0.2, 0.25) is 0 Å². The fourth-order valence-corrected chi connectivity index (χ4v) is 2.33. The van der Waals surface area contributed by atoms with E-state index in [4.69, 9.17) is 14.2 Å². The molecule has 0 spiro atoms. The van der Waals surface area contributed by atoms with Crippen molar-refractivity contribution in [1.82, 2.24) is 10.3 Å². The van der Waals surface area contributed by atoms with Crippen molar-refractivity contribution in [2.75, 3.05) is 20.8 Å². The van der Waals surface area contributed by atoms with Gasteiger partial charge in [0.1, 0.15) is 6.10 Å². The Balaban J connectivity index is 1.91. The molecule has 1 heterocycles. The Morgan fingerprint density at radius 1 is 1.38 bits per heavy atom. The maximum atomic E-state index is 12.1. The number of nitrogens with one attached hydrogen (secondary N) is 1. The zero-order valence-electron chi connectivity index (χ0n) is 12.5. The van der Waals surface area contributed by atoms with Crippen molar-refractivity contribution in [3.8, 4) is 5.88 Å². The summed E-state index contributed by atoms with van der Waals surface area (Å²) >= 11 is 0. The third-order valence-electron chi connectivity index (χ3n) is 3.54. The van der Waals surface area contributed by atoms with Crippen LogP contribution < -0.4 is 10.1 Å². The van der Waals surface area contributed by atoms with Crippen molar-refractivity contribution in [3.05, 3.63) is 23.9 Å². The molecule has 0 atom stereocenters. The molecule has 1 fully saturated rings. The quantitative estimate of drug-likeness (QED) is 0.776. The van der Waals surface area contributed by atoms with Gasteiger partial charge in [-0.1, -0.05) is 0 Å². The second-order valence-corrected chi connectivity index (χ2v) is 5.02. The number of aromatic nitrogens is 1. The average molecular weight is 294 g/mol. The van der Waals surface area contributed by atoms with E-state index in [2.05, 4.69) is 10.3 Å². The van der Waals surface area contributed by atoms with Gasteiger partial charge in [0.15, 0.2) is 6.29 Å². The van der Waals surface area contributed by atoms with Crippen LogP contribution in [-0.4, -0.2) is 44.0 Å². The van der Waals surface area contributed by atoms with Crippen LogP contribution in [0.25, 0.3) is 0 Å². The molecule has 0 aromatic carbocycles. The van der Waals surface area contributed by atoms with Gasteiger partial charge in [0.05, 0.1) is 6.54 Å². The molecule has 6 nitrogen and oxygen atoms in total. The van der Waals surface area contributed by atoms with Gasteiger partial charge < -0.3 is 19.5 Å². The summed E-state index contributed by atoms with van der Waals surface area (Å²) in [5.74, 6) is 0.303. The molecule has 21 heavy (non-hydrogen) atoms. The van der Waals surface area contributed by atoms with E-state index in [1.54, 1.807) is 18.3 Å². The lowest BCUT2D eigenvalue weighted by Crippen LogP contribution is -2.34. The first-order chi connectivity index (χ1) is 10.2. The lowest BCUT2D eigenvalue weighted by Gasteiger charge is -2.15. The molecule has 1 aromatic heterocycles. The molecule has 2 rings (SSSR count). The number of amides is 1. The van der Waals surface area contributed by atoms with Crippen LogP contribution in [-0.2, 0) is 9.47 Å². The molecular formula is C15H22N2O4. The minimum absolute atomic E-state index is 0.201. The summed E-state index contributed by atoms with van der Waals surface area (Å²) in [5.41, 5.74) is 0.518. The van der Waals surface area contributed by atoms with Gasteiger partial charge in [0.2, 0.25) is 5.88 Å². The summed E-state index contributed by atoms with van der Waals surface area (Å²) < 4.78 is 15.8. The molecule has 1 saturated carbocycles. The Morgan fingerprint density at radius 3 is 2.76 bits per heavy atom. The molecule has 116 valence electrons. The molecule has 6 heteroatoms. The highest BCUT2D eigenvalue weighted by atomic mass is 16.7. The second kappa shape index (κ2) is 7.95. The molecule has 1 aliphatic rings. The van der Waals surface area contributed by atoms with E-state index in [0.717, 1.165) is 12.8 Å².